The van der Waals surface area contributed by atoms with Crippen molar-refractivity contribution in [2.45, 2.75) is 45.6 Å². The highest BCUT2D eigenvalue weighted by Crippen LogP contribution is 2.30. The summed E-state index contributed by atoms with van der Waals surface area (Å²) in [6.45, 7) is 8.36. The standard InChI is InChI=1S/C14H24N4S/c1-9-11(15)16-13(14(2,3)4)17-12(9)18(5)10-6-7-19-8-10/h10H,6-8H2,1-5H3,(H2,15,16,17). The molecular formula is C14H24N4S. The Morgan fingerprint density at radius 3 is 2.53 bits per heavy atom. The van der Waals surface area contributed by atoms with Crippen LogP contribution in [0.2, 0.25) is 0 Å². The molecule has 0 spiro atoms. The minimum Gasteiger partial charge on any atom is -0.383 e. The molecule has 1 saturated heterocycles. The van der Waals surface area contributed by atoms with Crippen molar-refractivity contribution in [3.8, 4) is 0 Å². The van der Waals surface area contributed by atoms with Crippen molar-refractivity contribution >= 4 is 23.4 Å². The highest BCUT2D eigenvalue weighted by atomic mass is 32.2. The third-order valence-corrected chi connectivity index (χ3v) is 4.76. The van der Waals surface area contributed by atoms with Crippen LogP contribution < -0.4 is 10.6 Å². The van der Waals surface area contributed by atoms with E-state index >= 15 is 0 Å². The Morgan fingerprint density at radius 1 is 1.32 bits per heavy atom. The summed E-state index contributed by atoms with van der Waals surface area (Å²) in [5.41, 5.74) is 6.98. The third kappa shape index (κ3) is 2.96. The first kappa shape index (κ1) is 14.4. The lowest BCUT2D eigenvalue weighted by Crippen LogP contribution is -2.33. The van der Waals surface area contributed by atoms with Gasteiger partial charge in [0.2, 0.25) is 0 Å². The van der Waals surface area contributed by atoms with Gasteiger partial charge in [-0.3, -0.25) is 0 Å². The zero-order valence-corrected chi connectivity index (χ0v) is 13.3. The van der Waals surface area contributed by atoms with Crippen molar-refractivity contribution in [2.24, 2.45) is 0 Å². The lowest BCUT2D eigenvalue weighted by atomic mass is 9.95. The van der Waals surface area contributed by atoms with E-state index in [0.717, 1.165) is 17.2 Å². The van der Waals surface area contributed by atoms with Crippen LogP contribution >= 0.6 is 11.8 Å². The maximum absolute atomic E-state index is 6.07. The summed E-state index contributed by atoms with van der Waals surface area (Å²) in [6.07, 6.45) is 1.22. The maximum atomic E-state index is 6.07. The largest absolute Gasteiger partial charge is 0.383 e. The van der Waals surface area contributed by atoms with Crippen LogP contribution in [0.25, 0.3) is 0 Å². The molecule has 2 N–H and O–H groups in total. The first-order chi connectivity index (χ1) is 8.80. The Kier molecular flexibility index (Phi) is 3.95. The van der Waals surface area contributed by atoms with Crippen LogP contribution in [-0.4, -0.2) is 34.6 Å². The number of nitrogens with zero attached hydrogens (tertiary/aromatic N) is 3. The van der Waals surface area contributed by atoms with E-state index in [2.05, 4.69) is 37.7 Å². The fourth-order valence-electron chi connectivity index (χ4n) is 2.20. The first-order valence-electron chi connectivity index (χ1n) is 6.76. The Balaban J connectivity index is 2.40. The Bertz CT molecular complexity index is 461. The number of aromatic nitrogens is 2. The second kappa shape index (κ2) is 5.19. The molecule has 2 heterocycles. The molecule has 1 atom stereocenters. The van der Waals surface area contributed by atoms with Crippen LogP contribution in [0.15, 0.2) is 0 Å². The molecule has 0 aliphatic carbocycles. The number of hydrogen-bond donors (Lipinski definition) is 1. The first-order valence-corrected chi connectivity index (χ1v) is 7.91. The van der Waals surface area contributed by atoms with Gasteiger partial charge in [-0.1, -0.05) is 20.8 Å². The lowest BCUT2D eigenvalue weighted by Gasteiger charge is -2.28. The summed E-state index contributed by atoms with van der Waals surface area (Å²) in [4.78, 5) is 11.5. The van der Waals surface area contributed by atoms with Gasteiger partial charge in [-0.2, -0.15) is 11.8 Å². The smallest absolute Gasteiger partial charge is 0.138 e. The van der Waals surface area contributed by atoms with Crippen molar-refractivity contribution in [3.63, 3.8) is 0 Å². The summed E-state index contributed by atoms with van der Waals surface area (Å²) in [7, 11) is 2.12. The average Bonchev–Trinajstić information content (AvgIpc) is 2.83. The zero-order valence-electron chi connectivity index (χ0n) is 12.5. The molecule has 0 radical (unpaired) electrons. The molecule has 1 aliphatic rings. The molecule has 1 aliphatic heterocycles. The van der Waals surface area contributed by atoms with Crippen molar-refractivity contribution in [1.29, 1.82) is 0 Å². The molecular weight excluding hydrogens is 256 g/mol. The molecule has 0 aromatic carbocycles. The lowest BCUT2D eigenvalue weighted by molar-refractivity contribution is 0.543. The van der Waals surface area contributed by atoms with Gasteiger partial charge in [0.25, 0.3) is 0 Å². The van der Waals surface area contributed by atoms with Gasteiger partial charge >= 0.3 is 0 Å². The van der Waals surface area contributed by atoms with Gasteiger partial charge in [0.05, 0.1) is 0 Å². The maximum Gasteiger partial charge on any atom is 0.138 e. The van der Waals surface area contributed by atoms with Crippen LogP contribution in [0, 0.1) is 6.92 Å². The molecule has 1 unspecified atom stereocenters. The minimum absolute atomic E-state index is 0.0815. The highest BCUT2D eigenvalue weighted by Gasteiger charge is 2.26. The van der Waals surface area contributed by atoms with E-state index in [4.69, 9.17) is 10.7 Å². The van der Waals surface area contributed by atoms with Gasteiger partial charge in [-0.05, 0) is 19.1 Å². The minimum atomic E-state index is -0.0815. The summed E-state index contributed by atoms with van der Waals surface area (Å²) in [5, 5.41) is 0. The topological polar surface area (TPSA) is 55.0 Å². The molecule has 5 heteroatoms. The molecule has 1 fully saturated rings. The molecule has 106 valence electrons. The van der Waals surface area contributed by atoms with Gasteiger partial charge in [0, 0.05) is 29.8 Å². The molecule has 2 rings (SSSR count). The molecule has 19 heavy (non-hydrogen) atoms. The summed E-state index contributed by atoms with van der Waals surface area (Å²) >= 11 is 2.01. The number of thioether (sulfide) groups is 1. The summed E-state index contributed by atoms with van der Waals surface area (Å²) < 4.78 is 0. The number of hydrogen-bond acceptors (Lipinski definition) is 5. The van der Waals surface area contributed by atoms with E-state index in [1.807, 2.05) is 18.7 Å². The molecule has 1 aromatic heterocycles. The Labute approximate surface area is 120 Å². The summed E-state index contributed by atoms with van der Waals surface area (Å²) in [5.74, 6) is 4.83. The van der Waals surface area contributed by atoms with Crippen LogP contribution in [-0.2, 0) is 5.41 Å². The van der Waals surface area contributed by atoms with E-state index in [1.165, 1.54) is 17.9 Å². The van der Waals surface area contributed by atoms with Crippen molar-refractivity contribution < 1.29 is 0 Å². The molecule has 1 aromatic rings. The van der Waals surface area contributed by atoms with E-state index in [0.29, 0.717) is 11.9 Å². The quantitative estimate of drug-likeness (QED) is 0.902. The van der Waals surface area contributed by atoms with Gasteiger partial charge in [-0.15, -0.1) is 0 Å². The van der Waals surface area contributed by atoms with Gasteiger partial charge in [0.1, 0.15) is 17.5 Å². The van der Waals surface area contributed by atoms with Gasteiger partial charge in [-0.25, -0.2) is 9.97 Å². The average molecular weight is 280 g/mol. The van der Waals surface area contributed by atoms with E-state index in [1.54, 1.807) is 0 Å². The van der Waals surface area contributed by atoms with E-state index in [9.17, 15) is 0 Å². The highest BCUT2D eigenvalue weighted by molar-refractivity contribution is 7.99. The van der Waals surface area contributed by atoms with Crippen LogP contribution in [0.5, 0.6) is 0 Å². The zero-order chi connectivity index (χ0) is 14.2. The molecule has 4 nitrogen and oxygen atoms in total. The number of nitrogens with two attached hydrogens (primary N) is 1. The second-order valence-electron chi connectivity index (χ2n) is 6.26. The predicted octanol–water partition coefficient (Wildman–Crippen LogP) is 2.61. The normalized spacial score (nSPS) is 19.7. The Morgan fingerprint density at radius 2 is 2.00 bits per heavy atom. The Hall–Kier alpha value is -0.970. The SMILES string of the molecule is Cc1c(N)nc(C(C)(C)C)nc1N(C)C1CCSC1. The van der Waals surface area contributed by atoms with Gasteiger partial charge in [0.15, 0.2) is 0 Å². The second-order valence-corrected chi connectivity index (χ2v) is 7.41. The van der Waals surface area contributed by atoms with Crippen LogP contribution in [0.3, 0.4) is 0 Å². The van der Waals surface area contributed by atoms with Crippen LogP contribution in [0.1, 0.15) is 38.6 Å². The van der Waals surface area contributed by atoms with E-state index in [-0.39, 0.29) is 5.41 Å². The van der Waals surface area contributed by atoms with Gasteiger partial charge < -0.3 is 10.6 Å². The summed E-state index contributed by atoms with van der Waals surface area (Å²) in [6, 6.07) is 0.561. The third-order valence-electron chi connectivity index (χ3n) is 3.62. The van der Waals surface area contributed by atoms with E-state index < -0.39 is 0 Å². The predicted molar refractivity (Wildman–Crippen MR) is 84.0 cm³/mol. The fourth-order valence-corrected chi connectivity index (χ4v) is 3.47. The molecule has 0 saturated carbocycles. The number of nitrogen functional groups attached to an aromatic ring is 1. The number of rotatable bonds is 2. The molecule has 0 amide bonds. The number of anilines is 2. The van der Waals surface area contributed by atoms with Crippen molar-refractivity contribution in [1.82, 2.24) is 9.97 Å². The fraction of sp³-hybridized carbons (Fsp3) is 0.714. The monoisotopic (exact) mass is 280 g/mol. The van der Waals surface area contributed by atoms with Crippen molar-refractivity contribution in [2.75, 3.05) is 29.2 Å². The van der Waals surface area contributed by atoms with Crippen molar-refractivity contribution in [3.05, 3.63) is 11.4 Å². The molecule has 0 bridgehead atoms. The van der Waals surface area contributed by atoms with Crippen LogP contribution in [0.4, 0.5) is 11.6 Å².